The molecule has 2 rings (SSSR count). The minimum atomic E-state index is -4.55. The van der Waals surface area contributed by atoms with Crippen molar-refractivity contribution in [1.29, 1.82) is 0 Å². The Hall–Kier alpha value is -1.08. The first-order valence-corrected chi connectivity index (χ1v) is 7.52. The summed E-state index contributed by atoms with van der Waals surface area (Å²) >= 11 is 3.02. The lowest BCUT2D eigenvalue weighted by molar-refractivity contribution is -0.138. The molecule has 1 atom stereocenters. The molecule has 0 radical (unpaired) electrons. The molecule has 116 valence electrons. The van der Waals surface area contributed by atoms with Crippen LogP contribution < -0.4 is 5.32 Å². The van der Waals surface area contributed by atoms with Crippen molar-refractivity contribution in [3.05, 3.63) is 33.8 Å². The van der Waals surface area contributed by atoms with Crippen LogP contribution in [-0.4, -0.2) is 36.5 Å². The molecule has 0 aliphatic carbocycles. The Kier molecular flexibility index (Phi) is 4.93. The Morgan fingerprint density at radius 1 is 1.48 bits per heavy atom. The first-order valence-electron chi connectivity index (χ1n) is 6.73. The molecule has 0 bridgehead atoms. The lowest BCUT2D eigenvalue weighted by Gasteiger charge is -2.28. The van der Waals surface area contributed by atoms with E-state index in [-0.39, 0.29) is 11.6 Å². The second-order valence-electron chi connectivity index (χ2n) is 4.93. The molecule has 1 aliphatic rings. The Balaban J connectivity index is 2.37. The Morgan fingerprint density at radius 3 is 2.71 bits per heavy atom. The number of benzene rings is 1. The minimum Gasteiger partial charge on any atom is -0.335 e. The van der Waals surface area contributed by atoms with Crippen LogP contribution >= 0.6 is 15.9 Å². The number of amides is 1. The van der Waals surface area contributed by atoms with Crippen molar-refractivity contribution in [3.63, 3.8) is 0 Å². The molecular formula is C14H16BrF3N2O. The smallest absolute Gasteiger partial charge is 0.335 e. The number of hydrogen-bond acceptors (Lipinski definition) is 2. The molecule has 1 aromatic rings. The predicted octanol–water partition coefficient (Wildman–Crippen LogP) is 3.29. The molecule has 0 saturated carbocycles. The molecule has 7 heteroatoms. The number of nitrogens with zero attached hydrogens (tertiary/aromatic N) is 1. The fraction of sp³-hybridized carbons (Fsp3) is 0.500. The third-order valence-corrected chi connectivity index (χ3v) is 4.09. The Bertz CT molecular complexity index is 527. The molecule has 1 aliphatic heterocycles. The predicted molar refractivity (Wildman–Crippen MR) is 77.1 cm³/mol. The van der Waals surface area contributed by atoms with Crippen LogP contribution in [0.2, 0.25) is 0 Å². The third kappa shape index (κ3) is 3.58. The van der Waals surface area contributed by atoms with Gasteiger partial charge in [0.2, 0.25) is 0 Å². The number of carbonyl (C=O) groups excluding carboxylic acids is 1. The van der Waals surface area contributed by atoms with Crippen molar-refractivity contribution in [2.24, 2.45) is 0 Å². The van der Waals surface area contributed by atoms with Gasteiger partial charge in [-0.25, -0.2) is 0 Å². The lowest BCUT2D eigenvalue weighted by Crippen LogP contribution is -2.42. The molecular weight excluding hydrogens is 349 g/mol. The second kappa shape index (κ2) is 6.36. The summed E-state index contributed by atoms with van der Waals surface area (Å²) in [6.45, 7) is 3.57. The fourth-order valence-corrected chi connectivity index (χ4v) is 2.93. The van der Waals surface area contributed by atoms with Gasteiger partial charge in [0.25, 0.3) is 5.91 Å². The van der Waals surface area contributed by atoms with Crippen molar-refractivity contribution in [3.8, 4) is 0 Å². The summed E-state index contributed by atoms with van der Waals surface area (Å²) in [5.74, 6) is -0.564. The SMILES string of the molecule is CCN(C(=O)c1ccc(Br)cc1C(F)(F)F)C1CCNC1. The van der Waals surface area contributed by atoms with E-state index in [1.807, 2.05) is 0 Å². The molecule has 0 spiro atoms. The number of rotatable bonds is 3. The average molecular weight is 365 g/mol. The van der Waals surface area contributed by atoms with E-state index in [2.05, 4.69) is 21.2 Å². The zero-order valence-corrected chi connectivity index (χ0v) is 13.1. The van der Waals surface area contributed by atoms with Gasteiger partial charge in [0.1, 0.15) is 0 Å². The molecule has 1 N–H and O–H groups in total. The van der Waals surface area contributed by atoms with Gasteiger partial charge in [0.15, 0.2) is 0 Å². The number of halogens is 4. The van der Waals surface area contributed by atoms with E-state index in [1.165, 1.54) is 17.0 Å². The Morgan fingerprint density at radius 2 is 2.19 bits per heavy atom. The first-order chi connectivity index (χ1) is 9.84. The molecule has 3 nitrogen and oxygen atoms in total. The first kappa shape index (κ1) is 16.3. The van der Waals surface area contributed by atoms with Crippen molar-refractivity contribution in [2.75, 3.05) is 19.6 Å². The minimum absolute atomic E-state index is 0.0489. The largest absolute Gasteiger partial charge is 0.417 e. The van der Waals surface area contributed by atoms with Gasteiger partial charge >= 0.3 is 6.18 Å². The highest BCUT2D eigenvalue weighted by Gasteiger charge is 2.37. The van der Waals surface area contributed by atoms with Gasteiger partial charge < -0.3 is 10.2 Å². The molecule has 0 aromatic heterocycles. The van der Waals surface area contributed by atoms with E-state index < -0.39 is 17.6 Å². The zero-order valence-electron chi connectivity index (χ0n) is 11.5. The summed E-state index contributed by atoms with van der Waals surface area (Å²) in [6.07, 6.45) is -3.79. The highest BCUT2D eigenvalue weighted by Crippen LogP contribution is 2.34. The average Bonchev–Trinajstić information content (AvgIpc) is 2.92. The standard InChI is InChI=1S/C14H16BrF3N2O/c1-2-20(10-5-6-19-8-10)13(21)11-4-3-9(15)7-12(11)14(16,17)18/h3-4,7,10,19H,2,5-6,8H2,1H3. The second-order valence-corrected chi connectivity index (χ2v) is 5.84. The zero-order chi connectivity index (χ0) is 15.6. The molecule has 1 amide bonds. The van der Waals surface area contributed by atoms with Crippen LogP contribution in [0.5, 0.6) is 0 Å². The highest BCUT2D eigenvalue weighted by atomic mass is 79.9. The maximum atomic E-state index is 13.1. The van der Waals surface area contributed by atoms with Crippen LogP contribution in [0.1, 0.15) is 29.3 Å². The third-order valence-electron chi connectivity index (χ3n) is 3.59. The number of nitrogens with one attached hydrogen (secondary N) is 1. The van der Waals surface area contributed by atoms with Crippen LogP contribution in [0.25, 0.3) is 0 Å². The van der Waals surface area contributed by atoms with Crippen LogP contribution in [0.15, 0.2) is 22.7 Å². The quantitative estimate of drug-likeness (QED) is 0.892. The van der Waals surface area contributed by atoms with Gasteiger partial charge in [-0.1, -0.05) is 15.9 Å². The van der Waals surface area contributed by atoms with Gasteiger partial charge in [-0.3, -0.25) is 4.79 Å². The van der Waals surface area contributed by atoms with Crippen LogP contribution in [0.4, 0.5) is 13.2 Å². The molecule has 1 saturated heterocycles. The van der Waals surface area contributed by atoms with E-state index in [9.17, 15) is 18.0 Å². The van der Waals surface area contributed by atoms with Gasteiger partial charge in [-0.05, 0) is 38.1 Å². The van der Waals surface area contributed by atoms with Crippen molar-refractivity contribution in [1.82, 2.24) is 10.2 Å². The molecule has 1 fully saturated rings. The topological polar surface area (TPSA) is 32.3 Å². The maximum Gasteiger partial charge on any atom is 0.417 e. The number of carbonyl (C=O) groups is 1. The normalized spacial score (nSPS) is 18.8. The van der Waals surface area contributed by atoms with E-state index in [1.54, 1.807) is 6.92 Å². The summed E-state index contributed by atoms with van der Waals surface area (Å²) < 4.78 is 39.7. The van der Waals surface area contributed by atoms with Crippen LogP contribution in [0.3, 0.4) is 0 Å². The highest BCUT2D eigenvalue weighted by molar-refractivity contribution is 9.10. The van der Waals surface area contributed by atoms with Crippen molar-refractivity contribution in [2.45, 2.75) is 25.6 Å². The fourth-order valence-electron chi connectivity index (χ4n) is 2.57. The van der Waals surface area contributed by atoms with Gasteiger partial charge in [-0.2, -0.15) is 13.2 Å². The van der Waals surface area contributed by atoms with Gasteiger partial charge in [0, 0.05) is 23.6 Å². The summed E-state index contributed by atoms with van der Waals surface area (Å²) in [4.78, 5) is 14.0. The summed E-state index contributed by atoms with van der Waals surface area (Å²) in [5.41, 5.74) is -1.19. The van der Waals surface area contributed by atoms with E-state index in [0.717, 1.165) is 19.0 Å². The van der Waals surface area contributed by atoms with Crippen molar-refractivity contribution >= 4 is 21.8 Å². The molecule has 1 heterocycles. The number of alkyl halides is 3. The number of likely N-dealkylation sites (N-methyl/N-ethyl adjacent to an activating group) is 1. The Labute approximate surface area is 129 Å². The van der Waals surface area contributed by atoms with Crippen LogP contribution in [0, 0.1) is 0 Å². The summed E-state index contributed by atoms with van der Waals surface area (Å²) in [7, 11) is 0. The van der Waals surface area contributed by atoms with Crippen molar-refractivity contribution < 1.29 is 18.0 Å². The number of hydrogen-bond donors (Lipinski definition) is 1. The van der Waals surface area contributed by atoms with E-state index >= 15 is 0 Å². The molecule has 21 heavy (non-hydrogen) atoms. The van der Waals surface area contributed by atoms with E-state index in [0.29, 0.717) is 17.6 Å². The molecule has 1 aromatic carbocycles. The van der Waals surface area contributed by atoms with Gasteiger partial charge in [0.05, 0.1) is 11.1 Å². The van der Waals surface area contributed by atoms with Crippen LogP contribution in [-0.2, 0) is 6.18 Å². The maximum absolute atomic E-state index is 13.1. The monoisotopic (exact) mass is 364 g/mol. The van der Waals surface area contributed by atoms with E-state index in [4.69, 9.17) is 0 Å². The summed E-state index contributed by atoms with van der Waals surface area (Å²) in [5, 5.41) is 3.12. The molecule has 1 unspecified atom stereocenters. The lowest BCUT2D eigenvalue weighted by atomic mass is 10.0. The van der Waals surface area contributed by atoms with Gasteiger partial charge in [-0.15, -0.1) is 0 Å². The summed E-state index contributed by atoms with van der Waals surface area (Å²) in [6, 6.07) is 3.60.